The maximum atomic E-state index is 13.5. The van der Waals surface area contributed by atoms with Gasteiger partial charge in [0.15, 0.2) is 0 Å². The van der Waals surface area contributed by atoms with E-state index in [-0.39, 0.29) is 23.3 Å². The number of hydrogen-bond acceptors (Lipinski definition) is 3. The lowest BCUT2D eigenvalue weighted by Gasteiger charge is -2.30. The highest BCUT2D eigenvalue weighted by Crippen LogP contribution is 2.24. The van der Waals surface area contributed by atoms with Gasteiger partial charge in [-0.3, -0.25) is 0 Å². The highest BCUT2D eigenvalue weighted by molar-refractivity contribution is 7.89. The summed E-state index contributed by atoms with van der Waals surface area (Å²) in [6.45, 7) is 5.44. The molecule has 0 amide bonds. The largest absolute Gasteiger partial charge is 0.396 e. The number of benzene rings is 1. The molecule has 0 fully saturated rings. The first-order chi connectivity index (χ1) is 8.68. The van der Waals surface area contributed by atoms with Crippen LogP contribution >= 0.6 is 0 Å². The van der Waals surface area contributed by atoms with Gasteiger partial charge in [0, 0.05) is 12.6 Å². The van der Waals surface area contributed by atoms with Crippen molar-refractivity contribution in [3.8, 4) is 0 Å². The first-order valence-corrected chi connectivity index (χ1v) is 7.54. The zero-order valence-electron chi connectivity index (χ0n) is 11.4. The van der Waals surface area contributed by atoms with Gasteiger partial charge in [0.2, 0.25) is 10.0 Å². The minimum Gasteiger partial charge on any atom is -0.396 e. The number of aliphatic hydroxyl groups is 1. The van der Waals surface area contributed by atoms with Crippen LogP contribution in [0.2, 0.25) is 0 Å². The zero-order valence-corrected chi connectivity index (χ0v) is 12.2. The molecule has 0 aliphatic rings. The Morgan fingerprint density at radius 2 is 1.89 bits per heavy atom. The quantitative estimate of drug-likeness (QED) is 0.870. The third-order valence-electron chi connectivity index (χ3n) is 2.89. The Morgan fingerprint density at radius 3 is 2.37 bits per heavy atom. The molecule has 0 saturated heterocycles. The fourth-order valence-electron chi connectivity index (χ4n) is 1.71. The van der Waals surface area contributed by atoms with E-state index >= 15 is 0 Å². The molecule has 0 saturated carbocycles. The number of aliphatic hydroxyl groups excluding tert-OH is 1. The molecule has 19 heavy (non-hydrogen) atoms. The van der Waals surface area contributed by atoms with Crippen LogP contribution in [0.4, 0.5) is 4.39 Å². The maximum Gasteiger partial charge on any atom is 0.243 e. The van der Waals surface area contributed by atoms with Crippen molar-refractivity contribution in [3.63, 3.8) is 0 Å². The average molecular weight is 289 g/mol. The summed E-state index contributed by atoms with van der Waals surface area (Å²) in [5.41, 5.74) is -0.374. The third kappa shape index (κ3) is 4.26. The highest BCUT2D eigenvalue weighted by atomic mass is 32.2. The van der Waals surface area contributed by atoms with Crippen LogP contribution < -0.4 is 4.72 Å². The van der Waals surface area contributed by atoms with Crippen molar-refractivity contribution in [3.05, 3.63) is 30.1 Å². The van der Waals surface area contributed by atoms with Crippen LogP contribution in [0.5, 0.6) is 0 Å². The van der Waals surface area contributed by atoms with Crippen LogP contribution in [0.3, 0.4) is 0 Å². The fraction of sp³-hybridized carbons (Fsp3) is 0.538. The summed E-state index contributed by atoms with van der Waals surface area (Å²) >= 11 is 0. The number of sulfonamides is 1. The zero-order chi connectivity index (χ0) is 14.7. The highest BCUT2D eigenvalue weighted by Gasteiger charge is 2.30. The van der Waals surface area contributed by atoms with Gasteiger partial charge < -0.3 is 5.11 Å². The second-order valence-corrected chi connectivity index (χ2v) is 7.17. The molecular formula is C13H20FNO3S. The summed E-state index contributed by atoms with van der Waals surface area (Å²) in [7, 11) is -3.93. The van der Waals surface area contributed by atoms with Gasteiger partial charge in [-0.15, -0.1) is 0 Å². The summed E-state index contributed by atoms with van der Waals surface area (Å²) in [4.78, 5) is -0.373. The maximum absolute atomic E-state index is 13.5. The first kappa shape index (κ1) is 16.1. The Balaban J connectivity index is 3.05. The molecule has 0 bridgehead atoms. The van der Waals surface area contributed by atoms with Crippen LogP contribution in [-0.2, 0) is 10.0 Å². The predicted octanol–water partition coefficient (Wildman–Crippen LogP) is 1.90. The first-order valence-electron chi connectivity index (χ1n) is 6.06. The summed E-state index contributed by atoms with van der Waals surface area (Å²) in [5, 5.41) is 9.01. The standard InChI is InChI=1S/C13H20FNO3S/c1-13(2,3)12(8-9-16)15-19(17,18)11-7-5-4-6-10(11)14/h4-7,12,15-16H,8-9H2,1-3H3. The monoisotopic (exact) mass is 289 g/mol. The lowest BCUT2D eigenvalue weighted by atomic mass is 9.86. The normalized spacial score (nSPS) is 14.4. The third-order valence-corrected chi connectivity index (χ3v) is 4.39. The van der Waals surface area contributed by atoms with Crippen molar-refractivity contribution in [2.24, 2.45) is 5.41 Å². The molecule has 0 heterocycles. The van der Waals surface area contributed by atoms with E-state index in [1.807, 2.05) is 20.8 Å². The molecule has 1 unspecified atom stereocenters. The molecule has 108 valence electrons. The Labute approximate surface area is 113 Å². The van der Waals surface area contributed by atoms with E-state index in [1.165, 1.54) is 18.2 Å². The molecule has 1 rings (SSSR count). The summed E-state index contributed by atoms with van der Waals surface area (Å²) < 4.78 is 40.3. The molecule has 2 N–H and O–H groups in total. The van der Waals surface area contributed by atoms with Gasteiger partial charge in [0.05, 0.1) is 0 Å². The molecule has 0 aliphatic carbocycles. The molecule has 1 aromatic rings. The molecule has 0 radical (unpaired) electrons. The minimum absolute atomic E-state index is 0.137. The van der Waals surface area contributed by atoms with Gasteiger partial charge in [-0.25, -0.2) is 17.5 Å². The summed E-state index contributed by atoms with van der Waals surface area (Å²) in [6.07, 6.45) is 0.275. The summed E-state index contributed by atoms with van der Waals surface area (Å²) in [6, 6.07) is 4.75. The Hall–Kier alpha value is -0.980. The second kappa shape index (κ2) is 5.98. The van der Waals surface area contributed by atoms with Gasteiger partial charge >= 0.3 is 0 Å². The van der Waals surface area contributed by atoms with E-state index in [1.54, 1.807) is 0 Å². The van der Waals surface area contributed by atoms with E-state index < -0.39 is 21.9 Å². The van der Waals surface area contributed by atoms with Crippen molar-refractivity contribution in [2.45, 2.75) is 38.1 Å². The number of hydrogen-bond donors (Lipinski definition) is 2. The Morgan fingerprint density at radius 1 is 1.32 bits per heavy atom. The van der Waals surface area contributed by atoms with Crippen LogP contribution in [0.25, 0.3) is 0 Å². The van der Waals surface area contributed by atoms with E-state index in [9.17, 15) is 12.8 Å². The van der Waals surface area contributed by atoms with Crippen LogP contribution in [-0.4, -0.2) is 26.2 Å². The summed E-state index contributed by atoms with van der Waals surface area (Å²) in [5.74, 6) is -0.786. The van der Waals surface area contributed by atoms with Gasteiger partial charge in [0.1, 0.15) is 10.7 Å². The van der Waals surface area contributed by atoms with E-state index in [4.69, 9.17) is 5.11 Å². The number of nitrogens with one attached hydrogen (secondary N) is 1. The minimum atomic E-state index is -3.93. The topological polar surface area (TPSA) is 66.4 Å². The molecule has 0 aliphatic heterocycles. The van der Waals surface area contributed by atoms with Crippen molar-refractivity contribution >= 4 is 10.0 Å². The molecule has 4 nitrogen and oxygen atoms in total. The van der Waals surface area contributed by atoms with Gasteiger partial charge in [-0.05, 0) is 24.0 Å². The molecule has 0 spiro atoms. The molecular weight excluding hydrogens is 269 g/mol. The van der Waals surface area contributed by atoms with Gasteiger partial charge in [-0.2, -0.15) is 0 Å². The van der Waals surface area contributed by atoms with Crippen LogP contribution in [0.15, 0.2) is 29.2 Å². The van der Waals surface area contributed by atoms with Crippen LogP contribution in [0.1, 0.15) is 27.2 Å². The molecule has 0 aromatic heterocycles. The van der Waals surface area contributed by atoms with E-state index in [2.05, 4.69) is 4.72 Å². The number of rotatable bonds is 5. The second-order valence-electron chi connectivity index (χ2n) is 5.48. The van der Waals surface area contributed by atoms with Crippen LogP contribution in [0, 0.1) is 11.2 Å². The molecule has 1 aromatic carbocycles. The van der Waals surface area contributed by atoms with E-state index in [0.29, 0.717) is 0 Å². The lowest BCUT2D eigenvalue weighted by Crippen LogP contribution is -2.44. The van der Waals surface area contributed by atoms with Gasteiger partial charge in [0.25, 0.3) is 0 Å². The average Bonchev–Trinajstić information content (AvgIpc) is 2.27. The predicted molar refractivity (Wildman–Crippen MR) is 71.7 cm³/mol. The smallest absolute Gasteiger partial charge is 0.243 e. The molecule has 6 heteroatoms. The Kier molecular flexibility index (Phi) is 5.06. The van der Waals surface area contributed by atoms with E-state index in [0.717, 1.165) is 6.07 Å². The fourth-order valence-corrected chi connectivity index (χ4v) is 3.27. The van der Waals surface area contributed by atoms with Crippen molar-refractivity contribution < 1.29 is 17.9 Å². The Bertz CT molecular complexity index is 523. The van der Waals surface area contributed by atoms with Crippen molar-refractivity contribution in [1.82, 2.24) is 4.72 Å². The number of halogens is 1. The SMILES string of the molecule is CC(C)(C)C(CCO)NS(=O)(=O)c1ccccc1F. The lowest BCUT2D eigenvalue weighted by molar-refractivity contribution is 0.214. The molecule has 1 atom stereocenters. The van der Waals surface area contributed by atoms with Gasteiger partial charge in [-0.1, -0.05) is 32.9 Å². The van der Waals surface area contributed by atoms with Crippen molar-refractivity contribution in [2.75, 3.05) is 6.61 Å². The van der Waals surface area contributed by atoms with Crippen molar-refractivity contribution in [1.29, 1.82) is 0 Å².